The van der Waals surface area contributed by atoms with Gasteiger partial charge in [-0.2, -0.15) is 0 Å². The highest BCUT2D eigenvalue weighted by Gasteiger charge is 2.49. The van der Waals surface area contributed by atoms with E-state index in [1.807, 2.05) is 0 Å². The van der Waals surface area contributed by atoms with E-state index in [2.05, 4.69) is 0 Å². The lowest BCUT2D eigenvalue weighted by Gasteiger charge is -2.41. The Hall–Kier alpha value is -7.09. The average molecular weight is 753 g/mol. The molecule has 0 bridgehead atoms. The third-order valence-corrected chi connectivity index (χ3v) is 8.16. The molecule has 282 valence electrons. The van der Waals surface area contributed by atoms with Gasteiger partial charge in [-0.25, -0.2) is 9.59 Å². The number of hydrogen-bond acceptors (Lipinski definition) is 19. The van der Waals surface area contributed by atoms with E-state index in [0.29, 0.717) is 12.1 Å². The zero-order valence-corrected chi connectivity index (χ0v) is 27.1. The summed E-state index contributed by atoms with van der Waals surface area (Å²) >= 11 is 0. The van der Waals surface area contributed by atoms with Gasteiger partial charge in [0.05, 0.1) is 11.1 Å². The highest BCUT2D eigenvalue weighted by atomic mass is 16.7. The average Bonchev–Trinajstić information content (AvgIpc) is 3.12. The molecular weight excluding hydrogens is 724 g/mol. The Bertz CT molecular complexity index is 2280. The molecular formula is C35H28O19. The number of aliphatic hydroxyl groups excluding tert-OH is 2. The Labute approximate surface area is 300 Å². The van der Waals surface area contributed by atoms with E-state index < -0.39 is 129 Å². The molecule has 1 aliphatic rings. The van der Waals surface area contributed by atoms with E-state index in [-0.39, 0.29) is 16.9 Å². The number of aliphatic hydroxyl groups is 2. The van der Waals surface area contributed by atoms with Gasteiger partial charge < -0.3 is 79.5 Å². The van der Waals surface area contributed by atoms with Crippen molar-refractivity contribution in [3.8, 4) is 68.8 Å². The molecule has 1 aliphatic heterocycles. The van der Waals surface area contributed by atoms with Crippen LogP contribution in [0, 0.1) is 0 Å². The van der Waals surface area contributed by atoms with Gasteiger partial charge in [0, 0.05) is 17.7 Å². The lowest BCUT2D eigenvalue weighted by Crippen LogP contribution is -2.61. The number of phenolic OH excluding ortho intramolecular Hbond substituents is 9. The molecule has 5 atom stereocenters. The molecule has 0 spiro atoms. The Kier molecular flexibility index (Phi) is 9.61. The number of hydrogen-bond donors (Lipinski definition) is 11. The molecule has 19 heteroatoms. The van der Waals surface area contributed by atoms with Gasteiger partial charge >= 0.3 is 11.9 Å². The maximum absolute atomic E-state index is 14.0. The van der Waals surface area contributed by atoms with Gasteiger partial charge in [0.1, 0.15) is 53.1 Å². The molecule has 6 rings (SSSR count). The minimum Gasteiger partial charge on any atom is -0.508 e. The fourth-order valence-corrected chi connectivity index (χ4v) is 5.43. The quantitative estimate of drug-likeness (QED) is 0.0794. The summed E-state index contributed by atoms with van der Waals surface area (Å²) in [6, 6.07) is 9.73. The van der Waals surface area contributed by atoms with Crippen LogP contribution in [0.2, 0.25) is 0 Å². The van der Waals surface area contributed by atoms with Gasteiger partial charge in [0.2, 0.25) is 17.5 Å². The van der Waals surface area contributed by atoms with Crippen molar-refractivity contribution in [1.29, 1.82) is 0 Å². The molecule has 1 aromatic heterocycles. The van der Waals surface area contributed by atoms with Crippen molar-refractivity contribution in [1.82, 2.24) is 0 Å². The van der Waals surface area contributed by atoms with Crippen molar-refractivity contribution >= 4 is 22.9 Å². The first-order chi connectivity index (χ1) is 25.5. The van der Waals surface area contributed by atoms with Crippen LogP contribution in [-0.4, -0.2) is 105 Å². The van der Waals surface area contributed by atoms with E-state index in [9.17, 15) is 70.6 Å². The van der Waals surface area contributed by atoms with Crippen molar-refractivity contribution in [2.75, 3.05) is 6.61 Å². The highest BCUT2D eigenvalue weighted by molar-refractivity contribution is 5.92. The maximum atomic E-state index is 14.0. The summed E-state index contributed by atoms with van der Waals surface area (Å²) in [6.45, 7) is -0.906. The number of rotatable bonds is 8. The number of carbonyl (C=O) groups is 2. The molecule has 54 heavy (non-hydrogen) atoms. The zero-order valence-electron chi connectivity index (χ0n) is 27.1. The molecule has 11 N–H and O–H groups in total. The number of ether oxygens (including phenoxy) is 4. The molecule has 4 aromatic carbocycles. The third-order valence-electron chi connectivity index (χ3n) is 8.16. The summed E-state index contributed by atoms with van der Waals surface area (Å²) in [5.41, 5.74) is -2.42. The van der Waals surface area contributed by atoms with E-state index >= 15 is 0 Å². The van der Waals surface area contributed by atoms with Crippen LogP contribution < -0.4 is 10.2 Å². The van der Waals surface area contributed by atoms with Crippen LogP contribution in [0.4, 0.5) is 0 Å². The first-order valence-electron chi connectivity index (χ1n) is 15.4. The first kappa shape index (κ1) is 36.7. The molecule has 5 aromatic rings. The van der Waals surface area contributed by atoms with E-state index in [1.54, 1.807) is 0 Å². The van der Waals surface area contributed by atoms with Crippen LogP contribution in [0.1, 0.15) is 20.7 Å². The topological polar surface area (TPSA) is 324 Å². The Morgan fingerprint density at radius 2 is 1.22 bits per heavy atom. The monoisotopic (exact) mass is 752 g/mol. The van der Waals surface area contributed by atoms with Gasteiger partial charge in [0.15, 0.2) is 46.4 Å². The Morgan fingerprint density at radius 1 is 0.667 bits per heavy atom. The van der Waals surface area contributed by atoms with Gasteiger partial charge in [-0.15, -0.1) is 0 Å². The second kappa shape index (κ2) is 14.1. The number of phenols is 9. The molecule has 0 saturated carbocycles. The van der Waals surface area contributed by atoms with Gasteiger partial charge in [0.25, 0.3) is 0 Å². The molecule has 0 amide bonds. The van der Waals surface area contributed by atoms with Gasteiger partial charge in [-0.05, 0) is 48.5 Å². The molecule has 2 heterocycles. The number of esters is 2. The van der Waals surface area contributed by atoms with Crippen molar-refractivity contribution in [3.05, 3.63) is 82.0 Å². The second-order valence-corrected chi connectivity index (χ2v) is 11.8. The fraction of sp³-hybridized carbons (Fsp3) is 0.171. The standard InChI is InChI=1S/C35H28O19/c36-15-3-1-12(2-4-15)30-31(28(46)24-17(38)9-16(37)10-22(24)51-30)54-35-32(53-34(49)14-7-20(41)26(44)21(42)8-14)29(47)27(45)23(52-35)11-50-33(48)13-5-18(39)25(43)19(40)6-13/h1-10,23,27,29,32,35-45,47H,11H2/t23-,27+,29+,32-,35-/m0/s1. The summed E-state index contributed by atoms with van der Waals surface area (Å²) in [4.78, 5) is 40.0. The molecule has 19 nitrogen and oxygen atoms in total. The van der Waals surface area contributed by atoms with Gasteiger partial charge in [-0.1, -0.05) is 0 Å². The minimum atomic E-state index is -2.19. The summed E-state index contributed by atoms with van der Waals surface area (Å²) in [6.07, 6.45) is -10.2. The first-order valence-corrected chi connectivity index (χ1v) is 15.4. The number of carbonyl (C=O) groups excluding carboxylic acids is 2. The molecule has 0 aliphatic carbocycles. The van der Waals surface area contributed by atoms with E-state index in [1.165, 1.54) is 24.3 Å². The summed E-state index contributed by atoms with van der Waals surface area (Å²) in [5, 5.41) is 111. The Morgan fingerprint density at radius 3 is 1.80 bits per heavy atom. The Balaban J connectivity index is 1.41. The predicted octanol–water partition coefficient (Wildman–Crippen LogP) is 1.72. The zero-order chi connectivity index (χ0) is 39.2. The van der Waals surface area contributed by atoms with Crippen LogP contribution in [0.5, 0.6) is 57.5 Å². The summed E-state index contributed by atoms with van der Waals surface area (Å²) in [7, 11) is 0. The second-order valence-electron chi connectivity index (χ2n) is 11.8. The summed E-state index contributed by atoms with van der Waals surface area (Å²) < 4.78 is 28.0. The number of fused-ring (bicyclic) bond motifs is 1. The minimum absolute atomic E-state index is 0.0653. The SMILES string of the molecule is O=C(OC[C@@H]1O[C@@H](Oc2c(-c3ccc(O)cc3)oc3cc(O)cc(O)c3c2=O)[C@@H](OC(=O)c2cc(O)c(O)c(O)c2)[C@H](O)[C@@H]1O)c1cc(O)c(O)c(O)c1. The van der Waals surface area contributed by atoms with Crippen molar-refractivity contribution in [2.45, 2.75) is 30.7 Å². The molecule has 1 fully saturated rings. The van der Waals surface area contributed by atoms with Crippen LogP contribution in [0.15, 0.2) is 69.9 Å². The van der Waals surface area contributed by atoms with Gasteiger partial charge in [-0.3, -0.25) is 4.79 Å². The third kappa shape index (κ3) is 6.91. The molecule has 0 unspecified atom stereocenters. The summed E-state index contributed by atoms with van der Waals surface area (Å²) in [5.74, 6) is -10.8. The lowest BCUT2D eigenvalue weighted by atomic mass is 9.98. The van der Waals surface area contributed by atoms with Crippen LogP contribution in [-0.2, 0) is 14.2 Å². The highest BCUT2D eigenvalue weighted by Crippen LogP contribution is 2.40. The maximum Gasteiger partial charge on any atom is 0.339 e. The van der Waals surface area contributed by atoms with Crippen molar-refractivity contribution in [2.24, 2.45) is 0 Å². The van der Waals surface area contributed by atoms with E-state index in [0.717, 1.165) is 24.3 Å². The van der Waals surface area contributed by atoms with E-state index in [4.69, 9.17) is 23.4 Å². The molecule has 1 saturated heterocycles. The predicted molar refractivity (Wildman–Crippen MR) is 177 cm³/mol. The lowest BCUT2D eigenvalue weighted by molar-refractivity contribution is -0.276. The van der Waals surface area contributed by atoms with Crippen LogP contribution in [0.25, 0.3) is 22.3 Å². The number of benzene rings is 4. The smallest absolute Gasteiger partial charge is 0.339 e. The van der Waals surface area contributed by atoms with Crippen molar-refractivity contribution in [3.63, 3.8) is 0 Å². The van der Waals surface area contributed by atoms with Crippen LogP contribution in [0.3, 0.4) is 0 Å². The molecule has 0 radical (unpaired) electrons. The fourth-order valence-electron chi connectivity index (χ4n) is 5.43. The van der Waals surface area contributed by atoms with Crippen LogP contribution >= 0.6 is 0 Å². The van der Waals surface area contributed by atoms with Crippen molar-refractivity contribution < 1.29 is 89.1 Å². The normalized spacial score (nSPS) is 19.6. The number of aromatic hydroxyl groups is 9. The largest absolute Gasteiger partial charge is 0.508 e.